The van der Waals surface area contributed by atoms with Gasteiger partial charge >= 0.3 is 0 Å². The van der Waals surface area contributed by atoms with Crippen molar-refractivity contribution in [2.75, 3.05) is 39.4 Å². The van der Waals surface area contributed by atoms with E-state index in [1.807, 2.05) is 18.5 Å². The van der Waals surface area contributed by atoms with Crippen LogP contribution < -0.4 is 5.32 Å². The van der Waals surface area contributed by atoms with Crippen molar-refractivity contribution in [1.29, 1.82) is 0 Å². The minimum absolute atomic E-state index is 0.531. The summed E-state index contributed by atoms with van der Waals surface area (Å²) in [4.78, 5) is 9.11. The zero-order valence-electron chi connectivity index (χ0n) is 17.2. The Morgan fingerprint density at radius 1 is 1.18 bits per heavy atom. The van der Waals surface area contributed by atoms with E-state index in [2.05, 4.69) is 26.2 Å². The number of thiocarbonyl (C=S) groups is 1. The summed E-state index contributed by atoms with van der Waals surface area (Å²) in [5.41, 5.74) is 1.22. The summed E-state index contributed by atoms with van der Waals surface area (Å²) in [5.74, 6) is 0. The fraction of sp³-hybridized carbons (Fsp3) is 0.727. The molecule has 2 aliphatic rings. The molecule has 0 bridgehead atoms. The van der Waals surface area contributed by atoms with Crippen LogP contribution in [0.5, 0.6) is 0 Å². The number of hydrogen-bond acceptors (Lipinski definition) is 4. The maximum atomic E-state index is 5.86. The van der Waals surface area contributed by atoms with Crippen molar-refractivity contribution < 1.29 is 4.74 Å². The molecule has 1 aliphatic heterocycles. The number of rotatable bonds is 7. The first-order valence-corrected chi connectivity index (χ1v) is 11.5. The van der Waals surface area contributed by atoms with Crippen LogP contribution in [0, 0.1) is 0 Å². The van der Waals surface area contributed by atoms with Gasteiger partial charge in [0.2, 0.25) is 0 Å². The molecule has 5 nitrogen and oxygen atoms in total. The lowest BCUT2D eigenvalue weighted by atomic mass is 9.97. The second-order valence-electron chi connectivity index (χ2n) is 8.08. The van der Waals surface area contributed by atoms with Crippen LogP contribution >= 0.6 is 12.2 Å². The van der Waals surface area contributed by atoms with E-state index < -0.39 is 0 Å². The molecule has 156 valence electrons. The van der Waals surface area contributed by atoms with Crippen LogP contribution in [0.15, 0.2) is 24.5 Å². The highest BCUT2D eigenvalue weighted by Crippen LogP contribution is 2.17. The molecule has 3 rings (SSSR count). The van der Waals surface area contributed by atoms with Gasteiger partial charge in [0.1, 0.15) is 0 Å². The standard InChI is InChI=1S/C22H36N4OS/c28-22(24-21-9-4-2-1-3-5-10-21)26(19-20-8-6-11-23-18-20)13-7-12-25-14-16-27-17-15-25/h6,8,11,18,21H,1-5,7,9-10,12-17,19H2,(H,24,28). The first-order chi connectivity index (χ1) is 13.8. The van der Waals surface area contributed by atoms with Gasteiger partial charge in [-0.3, -0.25) is 9.88 Å². The Kier molecular flexibility index (Phi) is 9.47. The molecule has 1 saturated carbocycles. The fourth-order valence-corrected chi connectivity index (χ4v) is 4.46. The van der Waals surface area contributed by atoms with Gasteiger partial charge in [0.15, 0.2) is 5.11 Å². The largest absolute Gasteiger partial charge is 0.379 e. The van der Waals surface area contributed by atoms with Crippen LogP contribution in [0.2, 0.25) is 0 Å². The quantitative estimate of drug-likeness (QED) is 0.701. The van der Waals surface area contributed by atoms with Crippen molar-refractivity contribution in [3.8, 4) is 0 Å². The van der Waals surface area contributed by atoms with E-state index in [0.29, 0.717) is 6.04 Å². The third-order valence-electron chi connectivity index (χ3n) is 5.82. The van der Waals surface area contributed by atoms with Gasteiger partial charge in [0, 0.05) is 51.2 Å². The second-order valence-corrected chi connectivity index (χ2v) is 8.47. The number of aromatic nitrogens is 1. The van der Waals surface area contributed by atoms with E-state index in [1.165, 1.54) is 50.5 Å². The van der Waals surface area contributed by atoms with Crippen LogP contribution in [0.1, 0.15) is 56.9 Å². The van der Waals surface area contributed by atoms with Gasteiger partial charge in [0.05, 0.1) is 13.2 Å². The van der Waals surface area contributed by atoms with Crippen molar-refractivity contribution in [2.45, 2.75) is 64.0 Å². The first kappa shape index (κ1) is 21.5. The van der Waals surface area contributed by atoms with Crippen LogP contribution in [-0.2, 0) is 11.3 Å². The molecule has 1 N–H and O–H groups in total. The molecule has 0 aromatic carbocycles. The highest BCUT2D eigenvalue weighted by atomic mass is 32.1. The van der Waals surface area contributed by atoms with E-state index in [4.69, 9.17) is 17.0 Å². The first-order valence-electron chi connectivity index (χ1n) is 11.1. The van der Waals surface area contributed by atoms with Gasteiger partial charge in [0.25, 0.3) is 0 Å². The SMILES string of the molecule is S=C(NC1CCCCCCC1)N(CCCN1CCOCC1)Cc1cccnc1. The van der Waals surface area contributed by atoms with E-state index >= 15 is 0 Å². The molecule has 0 amide bonds. The summed E-state index contributed by atoms with van der Waals surface area (Å²) in [6, 6.07) is 4.68. The molecule has 1 aliphatic carbocycles. The van der Waals surface area contributed by atoms with Crippen LogP contribution in [-0.4, -0.2) is 65.3 Å². The Balaban J connectivity index is 1.53. The Morgan fingerprint density at radius 3 is 2.64 bits per heavy atom. The van der Waals surface area contributed by atoms with E-state index in [0.717, 1.165) is 57.5 Å². The Morgan fingerprint density at radius 2 is 1.93 bits per heavy atom. The van der Waals surface area contributed by atoms with Gasteiger partial charge in [-0.05, 0) is 43.1 Å². The molecule has 1 aromatic rings. The highest BCUT2D eigenvalue weighted by Gasteiger charge is 2.17. The van der Waals surface area contributed by atoms with Crippen LogP contribution in [0.25, 0.3) is 0 Å². The van der Waals surface area contributed by atoms with Crippen LogP contribution in [0.3, 0.4) is 0 Å². The molecule has 0 atom stereocenters. The number of ether oxygens (including phenoxy) is 1. The lowest BCUT2D eigenvalue weighted by molar-refractivity contribution is 0.0367. The van der Waals surface area contributed by atoms with Gasteiger partial charge in [-0.15, -0.1) is 0 Å². The normalized spacial score (nSPS) is 19.6. The summed E-state index contributed by atoms with van der Waals surface area (Å²) < 4.78 is 5.46. The van der Waals surface area contributed by atoms with Gasteiger partial charge < -0.3 is 15.0 Å². The molecule has 0 radical (unpaired) electrons. The van der Waals surface area contributed by atoms with Gasteiger partial charge in [-0.2, -0.15) is 0 Å². The van der Waals surface area contributed by atoms with Gasteiger partial charge in [-0.1, -0.05) is 38.2 Å². The lowest BCUT2D eigenvalue weighted by Crippen LogP contribution is -2.45. The lowest BCUT2D eigenvalue weighted by Gasteiger charge is -2.31. The molecule has 0 unspecified atom stereocenters. The minimum atomic E-state index is 0.531. The Hall–Kier alpha value is -1.24. The number of morpholine rings is 1. The molecule has 0 spiro atoms. The summed E-state index contributed by atoms with van der Waals surface area (Å²) in [6.45, 7) is 6.74. The average molecular weight is 405 g/mol. The van der Waals surface area contributed by atoms with Crippen molar-refractivity contribution in [3.05, 3.63) is 30.1 Å². The van der Waals surface area contributed by atoms with Crippen molar-refractivity contribution >= 4 is 17.3 Å². The Bertz CT molecular complexity index is 557. The molecule has 2 fully saturated rings. The highest BCUT2D eigenvalue weighted by molar-refractivity contribution is 7.80. The third-order valence-corrected chi connectivity index (χ3v) is 6.20. The smallest absolute Gasteiger partial charge is 0.169 e. The van der Waals surface area contributed by atoms with Crippen LogP contribution in [0.4, 0.5) is 0 Å². The molecular formula is C22H36N4OS. The molecule has 2 heterocycles. The molecular weight excluding hydrogens is 368 g/mol. The topological polar surface area (TPSA) is 40.6 Å². The fourth-order valence-electron chi connectivity index (χ4n) is 4.14. The van der Waals surface area contributed by atoms with E-state index in [9.17, 15) is 0 Å². The zero-order chi connectivity index (χ0) is 19.4. The predicted octanol–water partition coefficient (Wildman–Crippen LogP) is 3.59. The number of pyridine rings is 1. The third kappa shape index (κ3) is 7.64. The Labute approximate surface area is 175 Å². The molecule has 28 heavy (non-hydrogen) atoms. The van der Waals surface area contributed by atoms with Crippen molar-refractivity contribution in [2.24, 2.45) is 0 Å². The molecule has 6 heteroatoms. The maximum Gasteiger partial charge on any atom is 0.169 e. The molecule has 1 saturated heterocycles. The molecule has 1 aromatic heterocycles. The van der Waals surface area contributed by atoms with E-state index in [1.54, 1.807) is 0 Å². The summed E-state index contributed by atoms with van der Waals surface area (Å²) in [6.07, 6.45) is 14.2. The van der Waals surface area contributed by atoms with E-state index in [-0.39, 0.29) is 0 Å². The second kappa shape index (κ2) is 12.3. The minimum Gasteiger partial charge on any atom is -0.379 e. The zero-order valence-corrected chi connectivity index (χ0v) is 18.0. The number of nitrogens with one attached hydrogen (secondary N) is 1. The number of hydrogen-bond donors (Lipinski definition) is 1. The summed E-state index contributed by atoms with van der Waals surface area (Å²) in [7, 11) is 0. The summed E-state index contributed by atoms with van der Waals surface area (Å²) in [5, 5.41) is 4.61. The van der Waals surface area contributed by atoms with Gasteiger partial charge in [-0.25, -0.2) is 0 Å². The summed E-state index contributed by atoms with van der Waals surface area (Å²) >= 11 is 5.86. The number of nitrogens with zero attached hydrogens (tertiary/aromatic N) is 3. The monoisotopic (exact) mass is 404 g/mol. The van der Waals surface area contributed by atoms with Crippen molar-refractivity contribution in [1.82, 2.24) is 20.1 Å². The predicted molar refractivity (Wildman–Crippen MR) is 118 cm³/mol. The average Bonchev–Trinajstić information content (AvgIpc) is 2.70. The maximum absolute atomic E-state index is 5.86. The van der Waals surface area contributed by atoms with Crippen molar-refractivity contribution in [3.63, 3.8) is 0 Å².